The van der Waals surface area contributed by atoms with Gasteiger partial charge in [-0.05, 0) is 12.3 Å². The zero-order chi connectivity index (χ0) is 7.94. The lowest BCUT2D eigenvalue weighted by atomic mass is 9.87. The topological polar surface area (TPSA) is 9.23 Å². The van der Waals surface area contributed by atoms with Gasteiger partial charge in [0.2, 0.25) is 0 Å². The molecule has 1 aliphatic rings. The van der Waals surface area contributed by atoms with E-state index < -0.39 is 9.07 Å². The molecule has 1 fully saturated rings. The molecule has 0 N–H and O–H groups in total. The van der Waals surface area contributed by atoms with E-state index in [9.17, 15) is 0 Å². The quantitative estimate of drug-likeness (QED) is 0.377. The molecule has 0 heterocycles. The summed E-state index contributed by atoms with van der Waals surface area (Å²) in [5, 5.41) is 0. The second-order valence-electron chi connectivity index (χ2n) is 3.31. The molecule has 0 aromatic rings. The predicted octanol–water partition coefficient (Wildman–Crippen LogP) is 2.21. The SMILES string of the molecule is Cl[SiH2]OCCC1CCCCC1. The van der Waals surface area contributed by atoms with Crippen LogP contribution in [-0.4, -0.2) is 15.7 Å². The van der Waals surface area contributed by atoms with Crippen LogP contribution in [0.2, 0.25) is 0 Å². The van der Waals surface area contributed by atoms with Gasteiger partial charge in [-0.2, -0.15) is 0 Å². The summed E-state index contributed by atoms with van der Waals surface area (Å²) in [6, 6.07) is 0. The molecule has 1 nitrogen and oxygen atoms in total. The van der Waals surface area contributed by atoms with Crippen LogP contribution in [0, 0.1) is 5.92 Å². The molecule has 66 valence electrons. The van der Waals surface area contributed by atoms with Crippen molar-refractivity contribution in [1.29, 1.82) is 0 Å². The van der Waals surface area contributed by atoms with E-state index in [1.165, 1.54) is 38.5 Å². The van der Waals surface area contributed by atoms with E-state index in [0.717, 1.165) is 12.5 Å². The second kappa shape index (κ2) is 6.04. The Morgan fingerprint density at radius 3 is 2.64 bits per heavy atom. The van der Waals surface area contributed by atoms with E-state index in [1.807, 2.05) is 0 Å². The van der Waals surface area contributed by atoms with Crippen LogP contribution >= 0.6 is 11.1 Å². The fourth-order valence-corrected chi connectivity index (χ4v) is 2.38. The minimum absolute atomic E-state index is 0.660. The van der Waals surface area contributed by atoms with Gasteiger partial charge in [0.15, 0.2) is 0 Å². The van der Waals surface area contributed by atoms with Crippen molar-refractivity contribution in [3.63, 3.8) is 0 Å². The molecule has 0 amide bonds. The molecule has 0 bridgehead atoms. The summed E-state index contributed by atoms with van der Waals surface area (Å²) >= 11 is 5.54. The van der Waals surface area contributed by atoms with Gasteiger partial charge in [0, 0.05) is 6.61 Å². The lowest BCUT2D eigenvalue weighted by molar-refractivity contribution is 0.258. The molecule has 0 aliphatic heterocycles. The maximum atomic E-state index is 5.54. The minimum Gasteiger partial charge on any atom is -0.408 e. The third-order valence-corrected chi connectivity index (χ3v) is 3.38. The molecule has 1 aliphatic carbocycles. The Kier molecular flexibility index (Phi) is 5.24. The molecule has 0 spiro atoms. The first-order valence-electron chi connectivity index (χ1n) is 4.57. The molecule has 0 aromatic heterocycles. The van der Waals surface area contributed by atoms with Crippen molar-refractivity contribution in [2.75, 3.05) is 6.61 Å². The van der Waals surface area contributed by atoms with E-state index in [4.69, 9.17) is 15.5 Å². The first-order chi connectivity index (χ1) is 5.43. The predicted molar refractivity (Wildman–Crippen MR) is 51.5 cm³/mol. The molecule has 0 radical (unpaired) electrons. The molecule has 0 aromatic carbocycles. The van der Waals surface area contributed by atoms with Crippen LogP contribution < -0.4 is 0 Å². The van der Waals surface area contributed by atoms with E-state index >= 15 is 0 Å². The van der Waals surface area contributed by atoms with E-state index in [2.05, 4.69) is 0 Å². The fraction of sp³-hybridized carbons (Fsp3) is 1.00. The van der Waals surface area contributed by atoms with Gasteiger partial charge in [0.25, 0.3) is 9.07 Å². The average molecular weight is 193 g/mol. The van der Waals surface area contributed by atoms with Gasteiger partial charge in [0.1, 0.15) is 0 Å². The summed E-state index contributed by atoms with van der Waals surface area (Å²) < 4.78 is 5.24. The van der Waals surface area contributed by atoms with Crippen LogP contribution in [0.25, 0.3) is 0 Å². The van der Waals surface area contributed by atoms with Gasteiger partial charge < -0.3 is 4.43 Å². The fourth-order valence-electron chi connectivity index (χ4n) is 1.78. The molecule has 0 atom stereocenters. The van der Waals surface area contributed by atoms with Crippen molar-refractivity contribution in [2.24, 2.45) is 5.92 Å². The summed E-state index contributed by atoms with van der Waals surface area (Å²) in [5.74, 6) is 0.945. The highest BCUT2D eigenvalue weighted by molar-refractivity contribution is 6.89. The van der Waals surface area contributed by atoms with Gasteiger partial charge in [-0.15, -0.1) is 11.1 Å². The van der Waals surface area contributed by atoms with Crippen molar-refractivity contribution >= 4 is 20.2 Å². The average Bonchev–Trinajstić information content (AvgIpc) is 2.07. The van der Waals surface area contributed by atoms with Crippen LogP contribution in [0.5, 0.6) is 0 Å². The van der Waals surface area contributed by atoms with E-state index in [0.29, 0.717) is 0 Å². The van der Waals surface area contributed by atoms with E-state index in [1.54, 1.807) is 0 Å². The maximum Gasteiger partial charge on any atom is 0.258 e. The Labute approximate surface area is 76.1 Å². The van der Waals surface area contributed by atoms with Crippen molar-refractivity contribution in [1.82, 2.24) is 0 Å². The molecular formula is C8H17ClOSi. The summed E-state index contributed by atoms with van der Waals surface area (Å²) in [6.45, 7) is 0.917. The Hall–Kier alpha value is 0.467. The molecule has 11 heavy (non-hydrogen) atoms. The van der Waals surface area contributed by atoms with Crippen LogP contribution in [0.15, 0.2) is 0 Å². The third kappa shape index (κ3) is 4.14. The van der Waals surface area contributed by atoms with Crippen LogP contribution in [0.1, 0.15) is 38.5 Å². The first-order valence-corrected chi connectivity index (χ1v) is 7.28. The maximum absolute atomic E-state index is 5.54. The van der Waals surface area contributed by atoms with Gasteiger partial charge >= 0.3 is 0 Å². The standard InChI is InChI=1S/C8H17ClOSi/c9-11-10-7-6-8-4-2-1-3-5-8/h8H,1-7,11H2. The summed E-state index contributed by atoms with van der Waals surface area (Å²) in [5.41, 5.74) is 0. The van der Waals surface area contributed by atoms with Gasteiger partial charge in [-0.3, -0.25) is 0 Å². The highest BCUT2D eigenvalue weighted by Crippen LogP contribution is 2.25. The lowest BCUT2D eigenvalue weighted by Gasteiger charge is -2.20. The van der Waals surface area contributed by atoms with Gasteiger partial charge in [-0.25, -0.2) is 0 Å². The number of rotatable bonds is 4. The Morgan fingerprint density at radius 1 is 1.27 bits per heavy atom. The van der Waals surface area contributed by atoms with Crippen LogP contribution in [0.4, 0.5) is 0 Å². The number of halogens is 1. The van der Waals surface area contributed by atoms with E-state index in [-0.39, 0.29) is 0 Å². The number of hydrogen-bond donors (Lipinski definition) is 0. The molecule has 1 rings (SSSR count). The molecular weight excluding hydrogens is 176 g/mol. The highest BCUT2D eigenvalue weighted by Gasteiger charge is 2.12. The smallest absolute Gasteiger partial charge is 0.258 e. The minimum atomic E-state index is -0.660. The van der Waals surface area contributed by atoms with Crippen molar-refractivity contribution in [3.8, 4) is 0 Å². The third-order valence-electron chi connectivity index (χ3n) is 2.47. The number of hydrogen-bond acceptors (Lipinski definition) is 1. The monoisotopic (exact) mass is 192 g/mol. The Balaban J connectivity index is 1.96. The summed E-state index contributed by atoms with van der Waals surface area (Å²) in [4.78, 5) is 0. The molecule has 0 unspecified atom stereocenters. The lowest BCUT2D eigenvalue weighted by Crippen LogP contribution is -2.09. The largest absolute Gasteiger partial charge is 0.408 e. The molecule has 0 saturated heterocycles. The van der Waals surface area contributed by atoms with Crippen molar-refractivity contribution in [3.05, 3.63) is 0 Å². The van der Waals surface area contributed by atoms with Crippen molar-refractivity contribution in [2.45, 2.75) is 38.5 Å². The summed E-state index contributed by atoms with van der Waals surface area (Å²) in [6.07, 6.45) is 8.41. The normalized spacial score (nSPS) is 21.5. The van der Waals surface area contributed by atoms with Crippen molar-refractivity contribution < 1.29 is 4.43 Å². The zero-order valence-electron chi connectivity index (χ0n) is 7.02. The molecule has 1 saturated carbocycles. The Morgan fingerprint density at radius 2 is 2.00 bits per heavy atom. The zero-order valence-corrected chi connectivity index (χ0v) is 9.19. The second-order valence-corrected chi connectivity index (χ2v) is 4.59. The summed E-state index contributed by atoms with van der Waals surface area (Å²) in [7, 11) is -0.660. The van der Waals surface area contributed by atoms with Gasteiger partial charge in [0.05, 0.1) is 0 Å². The van der Waals surface area contributed by atoms with Crippen LogP contribution in [-0.2, 0) is 4.43 Å². The van der Waals surface area contributed by atoms with Gasteiger partial charge in [-0.1, -0.05) is 32.1 Å². The first kappa shape index (κ1) is 9.55. The Bertz CT molecular complexity index is 94.1. The highest BCUT2D eigenvalue weighted by atomic mass is 35.6. The van der Waals surface area contributed by atoms with Crippen LogP contribution in [0.3, 0.4) is 0 Å². The molecule has 3 heteroatoms.